The number of aromatic nitrogens is 2. The minimum Gasteiger partial charge on any atom is -0.487 e. The molecule has 1 amide bonds. The monoisotopic (exact) mass is 415 g/mol. The summed E-state index contributed by atoms with van der Waals surface area (Å²) < 4.78 is 20.3. The van der Waals surface area contributed by atoms with Crippen LogP contribution in [0.3, 0.4) is 0 Å². The first-order chi connectivity index (χ1) is 15.1. The molecule has 0 aliphatic carbocycles. The van der Waals surface area contributed by atoms with Crippen molar-refractivity contribution in [3.8, 4) is 17.0 Å². The standard InChI is InChI=1S/C25H22FN3O2/c1-15-20(19-6-2-3-8-23(19)29-15)13-24(30)28-14-18-11-16-10-17(26)12-21(25(16)31-18)22-7-4-5-9-27-22/h2-10,12,18,29H,11,13-14H2,1H3,(H,28,30)/t18-/m1/s1. The van der Waals surface area contributed by atoms with Crippen molar-refractivity contribution in [2.45, 2.75) is 25.9 Å². The van der Waals surface area contributed by atoms with Gasteiger partial charge in [-0.25, -0.2) is 4.39 Å². The molecule has 5 nitrogen and oxygen atoms in total. The minimum atomic E-state index is -0.317. The second-order valence-corrected chi connectivity index (χ2v) is 7.86. The van der Waals surface area contributed by atoms with Crippen LogP contribution in [0.4, 0.5) is 4.39 Å². The summed E-state index contributed by atoms with van der Waals surface area (Å²) in [5.74, 6) is 0.262. The number of rotatable bonds is 5. The molecule has 1 aliphatic heterocycles. The van der Waals surface area contributed by atoms with E-state index in [2.05, 4.69) is 15.3 Å². The summed E-state index contributed by atoms with van der Waals surface area (Å²) in [5, 5.41) is 4.04. The fourth-order valence-corrected chi connectivity index (χ4v) is 4.23. The predicted molar refractivity (Wildman–Crippen MR) is 118 cm³/mol. The van der Waals surface area contributed by atoms with Gasteiger partial charge in [-0.3, -0.25) is 9.78 Å². The lowest BCUT2D eigenvalue weighted by molar-refractivity contribution is -0.120. The Morgan fingerprint density at radius 2 is 2.06 bits per heavy atom. The molecule has 2 N–H and O–H groups in total. The lowest BCUT2D eigenvalue weighted by atomic mass is 10.0. The summed E-state index contributed by atoms with van der Waals surface area (Å²) in [6, 6.07) is 16.4. The van der Waals surface area contributed by atoms with Crippen molar-refractivity contribution >= 4 is 16.8 Å². The number of ether oxygens (including phenoxy) is 1. The SMILES string of the molecule is Cc1[nH]c2ccccc2c1CC(=O)NC[C@H]1Cc2cc(F)cc(-c3ccccn3)c2O1. The quantitative estimate of drug-likeness (QED) is 0.510. The smallest absolute Gasteiger partial charge is 0.224 e. The lowest BCUT2D eigenvalue weighted by Crippen LogP contribution is -2.35. The number of carbonyl (C=O) groups excluding carboxylic acids is 1. The zero-order valence-corrected chi connectivity index (χ0v) is 17.1. The average Bonchev–Trinajstić information content (AvgIpc) is 3.32. The minimum absolute atomic E-state index is 0.0662. The van der Waals surface area contributed by atoms with Crippen LogP contribution in [0.2, 0.25) is 0 Å². The van der Waals surface area contributed by atoms with Crippen molar-refractivity contribution in [1.82, 2.24) is 15.3 Å². The maximum absolute atomic E-state index is 14.2. The van der Waals surface area contributed by atoms with Crippen LogP contribution >= 0.6 is 0 Å². The fraction of sp³-hybridized carbons (Fsp3) is 0.200. The number of nitrogens with zero attached hydrogens (tertiary/aromatic N) is 1. The molecule has 0 radical (unpaired) electrons. The van der Waals surface area contributed by atoms with Gasteiger partial charge < -0.3 is 15.0 Å². The number of para-hydroxylation sites is 1. The van der Waals surface area contributed by atoms with Gasteiger partial charge in [0.2, 0.25) is 5.91 Å². The third kappa shape index (κ3) is 3.77. The van der Waals surface area contributed by atoms with Crippen molar-refractivity contribution in [3.05, 3.63) is 83.4 Å². The normalized spacial score (nSPS) is 15.0. The van der Waals surface area contributed by atoms with E-state index < -0.39 is 0 Å². The molecule has 0 bridgehead atoms. The Kier molecular flexibility index (Phi) is 4.90. The second kappa shape index (κ2) is 7.87. The molecule has 5 rings (SSSR count). The van der Waals surface area contributed by atoms with Gasteiger partial charge in [0, 0.05) is 40.3 Å². The van der Waals surface area contributed by atoms with Crippen LogP contribution in [-0.2, 0) is 17.6 Å². The highest BCUT2D eigenvalue weighted by Crippen LogP contribution is 2.38. The number of halogens is 1. The Morgan fingerprint density at radius 1 is 1.23 bits per heavy atom. The highest BCUT2D eigenvalue weighted by Gasteiger charge is 2.27. The van der Waals surface area contributed by atoms with Crippen LogP contribution < -0.4 is 10.1 Å². The first-order valence-corrected chi connectivity index (χ1v) is 10.3. The molecular formula is C25H22FN3O2. The first-order valence-electron chi connectivity index (χ1n) is 10.3. The first kappa shape index (κ1) is 19.3. The average molecular weight is 415 g/mol. The third-order valence-corrected chi connectivity index (χ3v) is 5.69. The molecule has 6 heteroatoms. The number of hydrogen-bond acceptors (Lipinski definition) is 3. The van der Waals surface area contributed by atoms with E-state index in [9.17, 15) is 9.18 Å². The molecule has 0 unspecified atom stereocenters. The van der Waals surface area contributed by atoms with E-state index in [1.54, 1.807) is 6.20 Å². The van der Waals surface area contributed by atoms with E-state index in [1.807, 2.05) is 49.4 Å². The summed E-state index contributed by atoms with van der Waals surface area (Å²) in [6.07, 6.45) is 2.27. The maximum Gasteiger partial charge on any atom is 0.224 e. The van der Waals surface area contributed by atoms with Gasteiger partial charge in [0.15, 0.2) is 0 Å². The van der Waals surface area contributed by atoms with E-state index in [4.69, 9.17) is 4.74 Å². The molecule has 0 saturated carbocycles. The van der Waals surface area contributed by atoms with Gasteiger partial charge in [-0.2, -0.15) is 0 Å². The molecular weight excluding hydrogens is 393 g/mol. The summed E-state index contributed by atoms with van der Waals surface area (Å²) in [4.78, 5) is 20.3. The summed E-state index contributed by atoms with van der Waals surface area (Å²) >= 11 is 0. The van der Waals surface area contributed by atoms with E-state index in [1.165, 1.54) is 12.1 Å². The van der Waals surface area contributed by atoms with Gasteiger partial charge in [0.25, 0.3) is 0 Å². The van der Waals surface area contributed by atoms with Crippen LogP contribution in [0, 0.1) is 12.7 Å². The van der Waals surface area contributed by atoms with Crippen molar-refractivity contribution in [2.75, 3.05) is 6.54 Å². The van der Waals surface area contributed by atoms with Crippen LogP contribution in [-0.4, -0.2) is 28.5 Å². The van der Waals surface area contributed by atoms with Crippen molar-refractivity contribution < 1.29 is 13.9 Å². The number of hydrogen-bond donors (Lipinski definition) is 2. The Balaban J connectivity index is 1.27. The molecule has 156 valence electrons. The Bertz CT molecular complexity index is 1270. The molecule has 31 heavy (non-hydrogen) atoms. The predicted octanol–water partition coefficient (Wildman–Crippen LogP) is 4.34. The molecule has 3 heterocycles. The van der Waals surface area contributed by atoms with E-state index in [0.717, 1.165) is 27.7 Å². The van der Waals surface area contributed by atoms with Gasteiger partial charge in [-0.15, -0.1) is 0 Å². The number of amides is 1. The Labute approximate surface area is 179 Å². The van der Waals surface area contributed by atoms with E-state index in [-0.39, 0.29) is 17.8 Å². The van der Waals surface area contributed by atoms with Gasteiger partial charge in [-0.1, -0.05) is 24.3 Å². The molecule has 4 aromatic rings. The molecule has 0 spiro atoms. The highest BCUT2D eigenvalue weighted by atomic mass is 19.1. The van der Waals surface area contributed by atoms with E-state index in [0.29, 0.717) is 36.4 Å². The number of aromatic amines is 1. The van der Waals surface area contributed by atoms with Crippen molar-refractivity contribution in [1.29, 1.82) is 0 Å². The number of pyridine rings is 1. The summed E-state index contributed by atoms with van der Waals surface area (Å²) in [7, 11) is 0. The number of aryl methyl sites for hydroxylation is 1. The molecule has 2 aromatic carbocycles. The maximum atomic E-state index is 14.2. The zero-order chi connectivity index (χ0) is 21.4. The molecule has 0 fully saturated rings. The topological polar surface area (TPSA) is 67.0 Å². The molecule has 0 saturated heterocycles. The molecule has 1 aliphatic rings. The lowest BCUT2D eigenvalue weighted by Gasteiger charge is -2.13. The van der Waals surface area contributed by atoms with Crippen molar-refractivity contribution in [3.63, 3.8) is 0 Å². The summed E-state index contributed by atoms with van der Waals surface area (Å²) in [5.41, 5.74) is 5.13. The summed E-state index contributed by atoms with van der Waals surface area (Å²) in [6.45, 7) is 2.34. The van der Waals surface area contributed by atoms with Gasteiger partial charge >= 0.3 is 0 Å². The Hall–Kier alpha value is -3.67. The molecule has 1 atom stereocenters. The molecule has 2 aromatic heterocycles. The number of H-pyrrole nitrogens is 1. The second-order valence-electron chi connectivity index (χ2n) is 7.86. The third-order valence-electron chi connectivity index (χ3n) is 5.69. The number of fused-ring (bicyclic) bond motifs is 2. The largest absolute Gasteiger partial charge is 0.487 e. The van der Waals surface area contributed by atoms with Gasteiger partial charge in [-0.05, 0) is 42.8 Å². The fourth-order valence-electron chi connectivity index (χ4n) is 4.23. The van der Waals surface area contributed by atoms with Gasteiger partial charge in [0.05, 0.1) is 18.7 Å². The number of nitrogens with one attached hydrogen (secondary N) is 2. The van der Waals surface area contributed by atoms with Gasteiger partial charge in [0.1, 0.15) is 17.7 Å². The van der Waals surface area contributed by atoms with E-state index >= 15 is 0 Å². The zero-order valence-electron chi connectivity index (χ0n) is 17.1. The highest BCUT2D eigenvalue weighted by molar-refractivity contribution is 5.90. The number of carbonyl (C=O) groups is 1. The van der Waals surface area contributed by atoms with Crippen LogP contribution in [0.1, 0.15) is 16.8 Å². The van der Waals surface area contributed by atoms with Crippen LogP contribution in [0.5, 0.6) is 5.75 Å². The Morgan fingerprint density at radius 3 is 2.90 bits per heavy atom. The van der Waals surface area contributed by atoms with Crippen LogP contribution in [0.15, 0.2) is 60.8 Å². The number of benzene rings is 2. The van der Waals surface area contributed by atoms with Crippen LogP contribution in [0.25, 0.3) is 22.2 Å². The van der Waals surface area contributed by atoms with Crippen molar-refractivity contribution in [2.24, 2.45) is 0 Å².